The second-order valence-corrected chi connectivity index (χ2v) is 8.60. The molecule has 0 aliphatic carbocycles. The minimum absolute atomic E-state index is 0.0397. The number of carbonyl (C=O) groups excluding carboxylic acids is 1. The molecule has 7 heteroatoms. The van der Waals surface area contributed by atoms with E-state index in [2.05, 4.69) is 4.98 Å². The van der Waals surface area contributed by atoms with Gasteiger partial charge in [0.2, 0.25) is 0 Å². The topological polar surface area (TPSA) is 42.4 Å². The molecular formula is C20H19ClN2O2S2. The number of para-hydroxylation sites is 1. The number of thioether (sulfide) groups is 1. The molecule has 2 heterocycles. The summed E-state index contributed by atoms with van der Waals surface area (Å²) in [6.45, 7) is 1.25. The first-order valence-electron chi connectivity index (χ1n) is 8.79. The van der Waals surface area contributed by atoms with Crippen LogP contribution in [0.3, 0.4) is 0 Å². The minimum atomic E-state index is -0.0503. The summed E-state index contributed by atoms with van der Waals surface area (Å²) in [4.78, 5) is 20.9. The van der Waals surface area contributed by atoms with Gasteiger partial charge in [0.25, 0.3) is 5.91 Å². The average molecular weight is 419 g/mol. The molecule has 1 aliphatic rings. The molecule has 1 atom stereocenters. The van der Waals surface area contributed by atoms with Gasteiger partial charge in [0.15, 0.2) is 5.13 Å². The van der Waals surface area contributed by atoms with Gasteiger partial charge in [-0.1, -0.05) is 41.1 Å². The summed E-state index contributed by atoms with van der Waals surface area (Å²) < 4.78 is 6.77. The fourth-order valence-corrected chi connectivity index (χ4v) is 5.09. The third-order valence-corrected chi connectivity index (χ3v) is 6.73. The van der Waals surface area contributed by atoms with Gasteiger partial charge < -0.3 is 4.74 Å². The van der Waals surface area contributed by atoms with E-state index in [-0.39, 0.29) is 12.0 Å². The molecule has 1 aliphatic heterocycles. The Morgan fingerprint density at radius 3 is 2.93 bits per heavy atom. The van der Waals surface area contributed by atoms with Crippen molar-refractivity contribution in [3.63, 3.8) is 0 Å². The number of amides is 1. The molecule has 1 saturated heterocycles. The highest BCUT2D eigenvalue weighted by Crippen LogP contribution is 2.34. The quantitative estimate of drug-likeness (QED) is 0.513. The normalized spacial score (nSPS) is 16.7. The molecule has 4 rings (SSSR count). The lowest BCUT2D eigenvalue weighted by Crippen LogP contribution is -2.37. The van der Waals surface area contributed by atoms with Gasteiger partial charge in [0, 0.05) is 11.5 Å². The van der Waals surface area contributed by atoms with E-state index in [0.29, 0.717) is 22.3 Å². The van der Waals surface area contributed by atoms with Gasteiger partial charge in [0.1, 0.15) is 5.52 Å². The van der Waals surface area contributed by atoms with Gasteiger partial charge in [-0.25, -0.2) is 4.98 Å². The zero-order valence-electron chi connectivity index (χ0n) is 14.9. The number of halogens is 1. The first kappa shape index (κ1) is 18.7. The highest BCUT2D eigenvalue weighted by atomic mass is 35.5. The number of fused-ring (bicyclic) bond motifs is 1. The molecule has 140 valence electrons. The fraction of sp³-hybridized carbons (Fsp3) is 0.300. The lowest BCUT2D eigenvalue weighted by molar-refractivity contribution is 0.0915. The maximum absolute atomic E-state index is 13.5. The molecule has 3 aromatic rings. The van der Waals surface area contributed by atoms with Crippen molar-refractivity contribution in [1.82, 2.24) is 4.98 Å². The number of nitrogens with zero attached hydrogens (tertiary/aromatic N) is 2. The largest absolute Gasteiger partial charge is 0.376 e. The van der Waals surface area contributed by atoms with E-state index in [0.717, 1.165) is 34.6 Å². The Balaban J connectivity index is 1.75. The number of ether oxygens (including phenoxy) is 1. The zero-order valence-corrected chi connectivity index (χ0v) is 17.2. The maximum Gasteiger partial charge on any atom is 0.261 e. The van der Waals surface area contributed by atoms with Gasteiger partial charge in [-0.15, -0.1) is 11.8 Å². The lowest BCUT2D eigenvalue weighted by atomic mass is 10.1. The summed E-state index contributed by atoms with van der Waals surface area (Å²) in [6, 6.07) is 13.4. The Kier molecular flexibility index (Phi) is 5.68. The number of aromatic nitrogens is 1. The Labute approximate surface area is 171 Å². The molecule has 0 saturated carbocycles. The molecule has 27 heavy (non-hydrogen) atoms. The van der Waals surface area contributed by atoms with Crippen molar-refractivity contribution in [2.45, 2.75) is 23.8 Å². The molecule has 0 radical (unpaired) electrons. The van der Waals surface area contributed by atoms with Crippen LogP contribution >= 0.6 is 34.7 Å². The molecule has 0 unspecified atom stereocenters. The van der Waals surface area contributed by atoms with Crippen LogP contribution in [0.4, 0.5) is 5.13 Å². The molecule has 1 amide bonds. The summed E-state index contributed by atoms with van der Waals surface area (Å²) >= 11 is 9.36. The molecule has 1 aromatic heterocycles. The molecule has 0 bridgehead atoms. The van der Waals surface area contributed by atoms with E-state index in [1.165, 1.54) is 11.3 Å². The first-order valence-corrected chi connectivity index (χ1v) is 11.2. The highest BCUT2D eigenvalue weighted by Gasteiger charge is 2.28. The van der Waals surface area contributed by atoms with Crippen LogP contribution in [0.5, 0.6) is 0 Å². The van der Waals surface area contributed by atoms with Crippen molar-refractivity contribution >= 4 is 56.0 Å². The average Bonchev–Trinajstić information content (AvgIpc) is 3.35. The van der Waals surface area contributed by atoms with Crippen LogP contribution in [0.2, 0.25) is 5.02 Å². The van der Waals surface area contributed by atoms with Gasteiger partial charge in [-0.05, 0) is 43.4 Å². The Morgan fingerprint density at radius 1 is 1.33 bits per heavy atom. The van der Waals surface area contributed by atoms with Crippen molar-refractivity contribution in [2.24, 2.45) is 0 Å². The predicted octanol–water partition coefficient (Wildman–Crippen LogP) is 5.50. The number of thiazole rings is 1. The van der Waals surface area contributed by atoms with Gasteiger partial charge in [-0.2, -0.15) is 0 Å². The number of anilines is 1. The van der Waals surface area contributed by atoms with E-state index in [1.54, 1.807) is 16.7 Å². The van der Waals surface area contributed by atoms with Gasteiger partial charge in [0.05, 0.1) is 27.9 Å². The third kappa shape index (κ3) is 3.85. The van der Waals surface area contributed by atoms with Crippen molar-refractivity contribution in [2.75, 3.05) is 24.3 Å². The number of carbonyl (C=O) groups is 1. The van der Waals surface area contributed by atoms with Crippen LogP contribution in [-0.2, 0) is 4.74 Å². The maximum atomic E-state index is 13.5. The Hall–Kier alpha value is -1.60. The van der Waals surface area contributed by atoms with Crippen LogP contribution in [0, 0.1) is 0 Å². The molecular weight excluding hydrogens is 400 g/mol. The van der Waals surface area contributed by atoms with E-state index >= 15 is 0 Å². The second kappa shape index (κ2) is 8.19. The number of hydrogen-bond donors (Lipinski definition) is 0. The van der Waals surface area contributed by atoms with Crippen LogP contribution in [0.25, 0.3) is 10.2 Å². The highest BCUT2D eigenvalue weighted by molar-refractivity contribution is 7.98. The van der Waals surface area contributed by atoms with Crippen molar-refractivity contribution < 1.29 is 9.53 Å². The smallest absolute Gasteiger partial charge is 0.261 e. The molecule has 1 fully saturated rings. The summed E-state index contributed by atoms with van der Waals surface area (Å²) in [6.07, 6.45) is 4.01. The SMILES string of the molecule is CSc1ccccc1C(=O)N(C[C@H]1CCCO1)c1nc2c(Cl)cccc2s1. The van der Waals surface area contributed by atoms with Crippen LogP contribution in [0.1, 0.15) is 23.2 Å². The van der Waals surface area contributed by atoms with E-state index in [4.69, 9.17) is 16.3 Å². The standard InChI is InChI=1S/C20H19ClN2O2S2/c1-26-16-9-3-2-7-14(16)19(24)23(12-13-6-5-11-25-13)20-22-18-15(21)8-4-10-17(18)27-20/h2-4,7-10,13H,5-6,11-12H2,1H3/t13-/m1/s1. The molecule has 2 aromatic carbocycles. The van der Waals surface area contributed by atoms with E-state index < -0.39 is 0 Å². The Bertz CT molecular complexity index is 970. The van der Waals surface area contributed by atoms with Crippen LogP contribution in [-0.4, -0.2) is 36.4 Å². The first-order chi connectivity index (χ1) is 13.2. The summed E-state index contributed by atoms with van der Waals surface area (Å²) in [5, 5.41) is 1.26. The van der Waals surface area contributed by atoms with Crippen molar-refractivity contribution in [3.8, 4) is 0 Å². The van der Waals surface area contributed by atoms with Crippen molar-refractivity contribution in [3.05, 3.63) is 53.1 Å². The zero-order chi connectivity index (χ0) is 18.8. The third-order valence-electron chi connectivity index (χ3n) is 4.58. The van der Waals surface area contributed by atoms with Gasteiger partial charge in [-0.3, -0.25) is 9.69 Å². The summed E-state index contributed by atoms with van der Waals surface area (Å²) in [5.41, 5.74) is 1.43. The second-order valence-electron chi connectivity index (χ2n) is 6.33. The van der Waals surface area contributed by atoms with Crippen molar-refractivity contribution in [1.29, 1.82) is 0 Å². The molecule has 4 nitrogen and oxygen atoms in total. The van der Waals surface area contributed by atoms with Gasteiger partial charge >= 0.3 is 0 Å². The minimum Gasteiger partial charge on any atom is -0.376 e. The van der Waals surface area contributed by atoms with E-state index in [1.807, 2.05) is 48.7 Å². The van der Waals surface area contributed by atoms with E-state index in [9.17, 15) is 4.79 Å². The molecule has 0 spiro atoms. The lowest BCUT2D eigenvalue weighted by Gasteiger charge is -2.24. The Morgan fingerprint density at radius 2 is 2.19 bits per heavy atom. The fourth-order valence-electron chi connectivity index (χ4n) is 3.23. The summed E-state index contributed by atoms with van der Waals surface area (Å²) in [5.74, 6) is -0.0503. The monoisotopic (exact) mass is 418 g/mol. The summed E-state index contributed by atoms with van der Waals surface area (Å²) in [7, 11) is 0. The van der Waals surface area contributed by atoms with Crippen LogP contribution in [0.15, 0.2) is 47.4 Å². The number of hydrogen-bond acceptors (Lipinski definition) is 5. The predicted molar refractivity (Wildman–Crippen MR) is 114 cm³/mol. The van der Waals surface area contributed by atoms with Crippen LogP contribution < -0.4 is 4.90 Å². The molecule has 0 N–H and O–H groups in total. The number of rotatable bonds is 5. The number of benzene rings is 2.